The second-order valence-electron chi connectivity index (χ2n) is 7.66. The lowest BCUT2D eigenvalue weighted by Crippen LogP contribution is -2.45. The lowest BCUT2D eigenvalue weighted by Gasteiger charge is -2.36. The van der Waals surface area contributed by atoms with Gasteiger partial charge in [0.1, 0.15) is 0 Å². The quantitative estimate of drug-likeness (QED) is 0.716. The first-order valence-electron chi connectivity index (χ1n) is 10.1. The molecular weight excluding hydrogens is 342 g/mol. The van der Waals surface area contributed by atoms with E-state index < -0.39 is 0 Å². The van der Waals surface area contributed by atoms with Gasteiger partial charge in [-0.1, -0.05) is 66.7 Å². The van der Waals surface area contributed by atoms with Gasteiger partial charge in [-0.2, -0.15) is 0 Å². The number of rotatable bonds is 5. The predicted octanol–water partition coefficient (Wildman–Crippen LogP) is 4.41. The molecule has 1 aliphatic rings. The molecule has 4 rings (SSSR count). The Morgan fingerprint density at radius 3 is 1.82 bits per heavy atom. The van der Waals surface area contributed by atoms with Gasteiger partial charge in [0.2, 0.25) is 0 Å². The van der Waals surface area contributed by atoms with E-state index in [0.29, 0.717) is 6.04 Å². The molecule has 3 aromatic rings. The van der Waals surface area contributed by atoms with Crippen molar-refractivity contribution in [1.29, 1.82) is 0 Å². The van der Waals surface area contributed by atoms with Crippen LogP contribution in [0.5, 0.6) is 0 Å². The molecule has 3 heteroatoms. The van der Waals surface area contributed by atoms with Gasteiger partial charge in [-0.05, 0) is 34.4 Å². The molecule has 0 spiro atoms. The van der Waals surface area contributed by atoms with Crippen LogP contribution in [-0.4, -0.2) is 45.2 Å². The molecule has 0 bridgehead atoms. The molecule has 0 aromatic heterocycles. The van der Waals surface area contributed by atoms with Gasteiger partial charge in [0.05, 0.1) is 6.04 Å². The van der Waals surface area contributed by atoms with Crippen LogP contribution in [0.1, 0.15) is 17.2 Å². The lowest BCUT2D eigenvalue weighted by molar-refractivity contribution is 0.198. The van der Waals surface area contributed by atoms with Crippen LogP contribution in [-0.2, 0) is 0 Å². The molecule has 0 aliphatic carbocycles. The molecule has 144 valence electrons. The van der Waals surface area contributed by atoms with Gasteiger partial charge in [0.25, 0.3) is 0 Å². The molecule has 1 heterocycles. The molecule has 0 amide bonds. The highest BCUT2D eigenvalue weighted by Gasteiger charge is 2.24. The zero-order chi connectivity index (χ0) is 19.3. The van der Waals surface area contributed by atoms with Gasteiger partial charge in [0, 0.05) is 46.0 Å². The fraction of sp³-hybridized carbons (Fsp3) is 0.280. The number of hydrogen-bond donors (Lipinski definition) is 1. The minimum Gasteiger partial charge on any atom is -0.378 e. The van der Waals surface area contributed by atoms with Crippen molar-refractivity contribution < 1.29 is 0 Å². The summed E-state index contributed by atoms with van der Waals surface area (Å²) < 4.78 is 0. The zero-order valence-corrected chi connectivity index (χ0v) is 16.8. The van der Waals surface area contributed by atoms with E-state index in [1.54, 1.807) is 0 Å². The first-order chi connectivity index (χ1) is 13.7. The van der Waals surface area contributed by atoms with Crippen molar-refractivity contribution in [1.82, 2.24) is 10.2 Å². The van der Waals surface area contributed by atoms with E-state index in [2.05, 4.69) is 108 Å². The summed E-state index contributed by atoms with van der Waals surface area (Å²) in [6, 6.07) is 29.0. The van der Waals surface area contributed by atoms with E-state index in [-0.39, 0.29) is 0 Å². The molecule has 1 atom stereocenters. The van der Waals surface area contributed by atoms with Crippen molar-refractivity contribution in [2.45, 2.75) is 6.04 Å². The lowest BCUT2D eigenvalue weighted by atomic mass is 9.94. The van der Waals surface area contributed by atoms with E-state index in [4.69, 9.17) is 0 Å². The van der Waals surface area contributed by atoms with E-state index in [1.807, 2.05) is 0 Å². The predicted molar refractivity (Wildman–Crippen MR) is 119 cm³/mol. The summed E-state index contributed by atoms with van der Waals surface area (Å²) >= 11 is 0. The van der Waals surface area contributed by atoms with Gasteiger partial charge < -0.3 is 10.2 Å². The van der Waals surface area contributed by atoms with Crippen molar-refractivity contribution in [3.05, 3.63) is 90.0 Å². The number of nitrogens with one attached hydrogen (secondary N) is 1. The fourth-order valence-corrected chi connectivity index (χ4v) is 4.00. The Kier molecular flexibility index (Phi) is 5.75. The average molecular weight is 372 g/mol. The molecule has 1 saturated heterocycles. The van der Waals surface area contributed by atoms with E-state index >= 15 is 0 Å². The number of anilines is 1. The van der Waals surface area contributed by atoms with Gasteiger partial charge >= 0.3 is 0 Å². The molecule has 28 heavy (non-hydrogen) atoms. The standard InChI is InChI=1S/C25H29N3/c1-27(2)24-14-12-23(13-15-24)25(28-18-16-26-17-19-28)22-10-8-21(9-11-22)20-6-4-3-5-7-20/h3-15,25-26H,16-19H2,1-2H3. The molecule has 1 N–H and O–H groups in total. The van der Waals surface area contributed by atoms with Crippen molar-refractivity contribution in [2.75, 3.05) is 45.2 Å². The minimum atomic E-state index is 0.295. The topological polar surface area (TPSA) is 18.5 Å². The van der Waals surface area contributed by atoms with Gasteiger partial charge in [-0.25, -0.2) is 0 Å². The second kappa shape index (κ2) is 8.59. The van der Waals surface area contributed by atoms with E-state index in [9.17, 15) is 0 Å². The molecule has 1 unspecified atom stereocenters. The Morgan fingerprint density at radius 2 is 1.25 bits per heavy atom. The molecule has 3 aromatic carbocycles. The molecule has 3 nitrogen and oxygen atoms in total. The molecular formula is C25H29N3. The largest absolute Gasteiger partial charge is 0.378 e. The number of hydrogen-bond acceptors (Lipinski definition) is 3. The van der Waals surface area contributed by atoms with Crippen molar-refractivity contribution in [3.8, 4) is 11.1 Å². The van der Waals surface area contributed by atoms with Crippen LogP contribution in [0, 0.1) is 0 Å². The molecule has 0 saturated carbocycles. The summed E-state index contributed by atoms with van der Waals surface area (Å²) in [4.78, 5) is 4.75. The first kappa shape index (κ1) is 18.7. The summed E-state index contributed by atoms with van der Waals surface area (Å²) in [7, 11) is 4.18. The van der Waals surface area contributed by atoms with Crippen LogP contribution < -0.4 is 10.2 Å². The summed E-state index contributed by atoms with van der Waals surface area (Å²) in [5.74, 6) is 0. The van der Waals surface area contributed by atoms with Crippen LogP contribution in [0.25, 0.3) is 11.1 Å². The van der Waals surface area contributed by atoms with Crippen LogP contribution in [0.2, 0.25) is 0 Å². The maximum atomic E-state index is 3.48. The fourth-order valence-electron chi connectivity index (χ4n) is 4.00. The third kappa shape index (κ3) is 4.11. The zero-order valence-electron chi connectivity index (χ0n) is 16.8. The number of piperazine rings is 1. The highest BCUT2D eigenvalue weighted by atomic mass is 15.2. The van der Waals surface area contributed by atoms with Crippen molar-refractivity contribution >= 4 is 5.69 Å². The highest BCUT2D eigenvalue weighted by Crippen LogP contribution is 2.31. The van der Waals surface area contributed by atoms with Crippen LogP contribution in [0.3, 0.4) is 0 Å². The van der Waals surface area contributed by atoms with Gasteiger partial charge in [0.15, 0.2) is 0 Å². The Balaban J connectivity index is 1.67. The average Bonchev–Trinajstić information content (AvgIpc) is 2.76. The Labute approximate surface area is 168 Å². The van der Waals surface area contributed by atoms with Crippen molar-refractivity contribution in [2.24, 2.45) is 0 Å². The normalized spacial score (nSPS) is 15.9. The van der Waals surface area contributed by atoms with E-state index in [1.165, 1.54) is 27.9 Å². The first-order valence-corrected chi connectivity index (χ1v) is 10.1. The summed E-state index contributed by atoms with van der Waals surface area (Å²) in [6.07, 6.45) is 0. The van der Waals surface area contributed by atoms with Crippen LogP contribution >= 0.6 is 0 Å². The number of benzene rings is 3. The Hall–Kier alpha value is -2.62. The summed E-state index contributed by atoms with van der Waals surface area (Å²) in [6.45, 7) is 4.24. The Bertz CT molecular complexity index is 864. The maximum absolute atomic E-state index is 3.48. The number of nitrogens with zero attached hydrogens (tertiary/aromatic N) is 2. The molecule has 1 fully saturated rings. The molecule has 1 aliphatic heterocycles. The third-order valence-electron chi connectivity index (χ3n) is 5.58. The minimum absolute atomic E-state index is 0.295. The third-order valence-corrected chi connectivity index (χ3v) is 5.58. The van der Waals surface area contributed by atoms with Crippen LogP contribution in [0.4, 0.5) is 5.69 Å². The van der Waals surface area contributed by atoms with Crippen molar-refractivity contribution in [3.63, 3.8) is 0 Å². The van der Waals surface area contributed by atoms with E-state index in [0.717, 1.165) is 26.2 Å². The molecule has 0 radical (unpaired) electrons. The summed E-state index contributed by atoms with van der Waals surface area (Å²) in [5.41, 5.74) is 6.50. The second-order valence-corrected chi connectivity index (χ2v) is 7.66. The van der Waals surface area contributed by atoms with Crippen LogP contribution in [0.15, 0.2) is 78.9 Å². The summed E-state index contributed by atoms with van der Waals surface area (Å²) in [5, 5.41) is 3.48. The maximum Gasteiger partial charge on any atom is 0.0602 e. The SMILES string of the molecule is CN(C)c1ccc(C(c2ccc(-c3ccccc3)cc2)N2CCNCC2)cc1. The Morgan fingerprint density at radius 1 is 0.714 bits per heavy atom. The van der Waals surface area contributed by atoms with Gasteiger partial charge in [-0.3, -0.25) is 4.90 Å². The highest BCUT2D eigenvalue weighted by molar-refractivity contribution is 5.63. The van der Waals surface area contributed by atoms with Gasteiger partial charge in [-0.15, -0.1) is 0 Å². The monoisotopic (exact) mass is 371 g/mol. The smallest absolute Gasteiger partial charge is 0.0602 e.